The Hall–Kier alpha value is -0.830. The van der Waals surface area contributed by atoms with Crippen LogP contribution in [0.2, 0.25) is 0 Å². The van der Waals surface area contributed by atoms with Gasteiger partial charge in [0.1, 0.15) is 11.6 Å². The monoisotopic (exact) mass is 158 g/mol. The predicted octanol–water partition coefficient (Wildman–Crippen LogP) is -1.11. The second-order valence-corrected chi connectivity index (χ2v) is 2.00. The van der Waals surface area contributed by atoms with Crippen molar-refractivity contribution in [1.82, 2.24) is 10.6 Å². The van der Waals surface area contributed by atoms with Crippen molar-refractivity contribution in [3.8, 4) is 0 Å². The van der Waals surface area contributed by atoms with Crippen molar-refractivity contribution in [1.29, 1.82) is 0 Å². The van der Waals surface area contributed by atoms with Gasteiger partial charge >= 0.3 is 0 Å². The molecule has 0 aromatic rings. The van der Waals surface area contributed by atoms with Gasteiger partial charge < -0.3 is 15.7 Å². The molecule has 0 amide bonds. The normalized spacial score (nSPS) is 15.6. The maximum absolute atomic E-state index is 9.90. The van der Waals surface area contributed by atoms with Gasteiger partial charge in [0.25, 0.3) is 0 Å². The summed E-state index contributed by atoms with van der Waals surface area (Å²) >= 11 is 0. The molecule has 4 heteroatoms. The highest BCUT2D eigenvalue weighted by atomic mass is 16.2. The number of carbonyl (C=O) groups excluding carboxylic acids is 1. The van der Waals surface area contributed by atoms with Crippen molar-refractivity contribution in [2.45, 2.75) is 6.92 Å². The molecule has 3 N–H and O–H groups in total. The molecule has 0 bridgehead atoms. The Morgan fingerprint density at radius 3 is 2.55 bits per heavy atom. The van der Waals surface area contributed by atoms with E-state index in [0.29, 0.717) is 12.2 Å². The third-order valence-electron chi connectivity index (χ3n) is 1.07. The zero-order chi connectivity index (χ0) is 8.53. The maximum Gasteiger partial charge on any atom is 0.146 e. The Bertz CT molecular complexity index is 133. The van der Waals surface area contributed by atoms with Crippen molar-refractivity contribution in [2.24, 2.45) is 0 Å². The van der Waals surface area contributed by atoms with Crippen molar-refractivity contribution >= 4 is 5.94 Å². The zero-order valence-electron chi connectivity index (χ0n) is 6.68. The van der Waals surface area contributed by atoms with Gasteiger partial charge in [-0.2, -0.15) is 0 Å². The molecule has 0 saturated carbocycles. The van der Waals surface area contributed by atoms with Gasteiger partial charge in [-0.05, 0) is 6.92 Å². The van der Waals surface area contributed by atoms with Gasteiger partial charge in [-0.3, -0.25) is 0 Å². The zero-order valence-corrected chi connectivity index (χ0v) is 6.68. The third kappa shape index (κ3) is 5.61. The average molecular weight is 158 g/mol. The summed E-state index contributed by atoms with van der Waals surface area (Å²) in [6.45, 7) is 4.35. The third-order valence-corrected chi connectivity index (χ3v) is 1.07. The molecular formula is C7H14N2O2. The Labute approximate surface area is 66.3 Å². The minimum Gasteiger partial charge on any atom is -0.397 e. The molecule has 1 aliphatic rings. The van der Waals surface area contributed by atoms with Crippen LogP contribution in [-0.2, 0) is 4.79 Å². The molecule has 1 saturated heterocycles. The van der Waals surface area contributed by atoms with Gasteiger partial charge in [0, 0.05) is 26.2 Å². The summed E-state index contributed by atoms with van der Waals surface area (Å²) in [6.07, 6.45) is 0. The summed E-state index contributed by atoms with van der Waals surface area (Å²) in [5.74, 6) is 1.80. The summed E-state index contributed by atoms with van der Waals surface area (Å²) in [7, 11) is 0. The molecule has 0 aromatic carbocycles. The van der Waals surface area contributed by atoms with Crippen molar-refractivity contribution in [2.75, 3.05) is 26.2 Å². The molecule has 0 radical (unpaired) electrons. The maximum atomic E-state index is 9.90. The van der Waals surface area contributed by atoms with Gasteiger partial charge in [0.2, 0.25) is 0 Å². The summed E-state index contributed by atoms with van der Waals surface area (Å²) < 4.78 is 0. The van der Waals surface area contributed by atoms with E-state index in [-0.39, 0.29) is 6.61 Å². The van der Waals surface area contributed by atoms with E-state index in [1.165, 1.54) is 0 Å². The minimum atomic E-state index is 0.250. The van der Waals surface area contributed by atoms with Crippen molar-refractivity contribution < 1.29 is 9.90 Å². The second-order valence-electron chi connectivity index (χ2n) is 2.00. The SMILES string of the molecule is CCO.O=C=C1CNCCN1. The molecule has 1 heterocycles. The first-order chi connectivity index (χ1) is 5.35. The van der Waals surface area contributed by atoms with Crippen LogP contribution in [0.1, 0.15) is 6.92 Å². The second kappa shape index (κ2) is 7.28. The minimum absolute atomic E-state index is 0.250. The summed E-state index contributed by atoms with van der Waals surface area (Å²) in [5.41, 5.74) is 0.635. The fourth-order valence-corrected chi connectivity index (χ4v) is 0.650. The number of aliphatic hydroxyl groups excluding tert-OH is 1. The Morgan fingerprint density at radius 1 is 1.64 bits per heavy atom. The summed E-state index contributed by atoms with van der Waals surface area (Å²) in [6, 6.07) is 0. The Kier molecular flexibility index (Phi) is 6.73. The number of nitrogens with one attached hydrogen (secondary N) is 2. The van der Waals surface area contributed by atoms with E-state index in [2.05, 4.69) is 10.6 Å². The van der Waals surface area contributed by atoms with Gasteiger partial charge in [-0.25, -0.2) is 4.79 Å². The van der Waals surface area contributed by atoms with E-state index in [0.717, 1.165) is 13.1 Å². The molecule has 4 nitrogen and oxygen atoms in total. The van der Waals surface area contributed by atoms with Crippen LogP contribution in [0.15, 0.2) is 5.70 Å². The first-order valence-electron chi connectivity index (χ1n) is 3.64. The summed E-state index contributed by atoms with van der Waals surface area (Å²) in [5, 5.41) is 13.5. The number of piperazine rings is 1. The Balaban J connectivity index is 0.000000292. The number of rotatable bonds is 0. The molecule has 0 atom stereocenters. The Morgan fingerprint density at radius 2 is 2.27 bits per heavy atom. The van der Waals surface area contributed by atoms with Crippen LogP contribution in [0.25, 0.3) is 0 Å². The molecule has 0 aromatic heterocycles. The van der Waals surface area contributed by atoms with Crippen LogP contribution >= 0.6 is 0 Å². The van der Waals surface area contributed by atoms with Crippen LogP contribution in [-0.4, -0.2) is 37.3 Å². The van der Waals surface area contributed by atoms with Crippen molar-refractivity contribution in [3.05, 3.63) is 5.70 Å². The molecular weight excluding hydrogens is 144 g/mol. The van der Waals surface area contributed by atoms with E-state index in [9.17, 15) is 4.79 Å². The van der Waals surface area contributed by atoms with Gasteiger partial charge in [0.15, 0.2) is 0 Å². The summed E-state index contributed by atoms with van der Waals surface area (Å²) in [4.78, 5) is 9.90. The molecule has 1 fully saturated rings. The topological polar surface area (TPSA) is 61.4 Å². The molecule has 0 aliphatic carbocycles. The molecule has 0 unspecified atom stereocenters. The standard InChI is InChI=1S/C5H8N2O.C2H6O/c8-4-5-3-6-1-2-7-5;1-2-3/h6-7H,1-3H2;3H,2H2,1H3. The smallest absolute Gasteiger partial charge is 0.146 e. The highest BCUT2D eigenvalue weighted by Gasteiger charge is 2.00. The van der Waals surface area contributed by atoms with Crippen LogP contribution in [0.5, 0.6) is 0 Å². The number of hydrogen-bond acceptors (Lipinski definition) is 4. The fraction of sp³-hybridized carbons (Fsp3) is 0.714. The molecule has 1 aliphatic heterocycles. The van der Waals surface area contributed by atoms with Crippen LogP contribution < -0.4 is 10.6 Å². The van der Waals surface area contributed by atoms with Gasteiger partial charge in [-0.1, -0.05) is 0 Å². The van der Waals surface area contributed by atoms with Crippen LogP contribution in [0.4, 0.5) is 0 Å². The fourth-order valence-electron chi connectivity index (χ4n) is 0.650. The van der Waals surface area contributed by atoms with Crippen molar-refractivity contribution in [3.63, 3.8) is 0 Å². The molecule has 11 heavy (non-hydrogen) atoms. The van der Waals surface area contributed by atoms with E-state index < -0.39 is 0 Å². The van der Waals surface area contributed by atoms with E-state index in [4.69, 9.17) is 5.11 Å². The lowest BCUT2D eigenvalue weighted by Crippen LogP contribution is -2.38. The first kappa shape index (κ1) is 10.2. The molecule has 1 rings (SSSR count). The molecule has 0 spiro atoms. The van der Waals surface area contributed by atoms with Gasteiger partial charge in [-0.15, -0.1) is 0 Å². The lowest BCUT2D eigenvalue weighted by atomic mass is 10.4. The number of aliphatic hydroxyl groups is 1. The van der Waals surface area contributed by atoms with E-state index >= 15 is 0 Å². The highest BCUT2D eigenvalue weighted by molar-refractivity contribution is 5.52. The van der Waals surface area contributed by atoms with Crippen LogP contribution in [0, 0.1) is 0 Å². The first-order valence-corrected chi connectivity index (χ1v) is 3.64. The average Bonchev–Trinajstić information content (AvgIpc) is 2.08. The quantitative estimate of drug-likeness (QED) is 0.391. The molecule has 64 valence electrons. The predicted molar refractivity (Wildman–Crippen MR) is 42.8 cm³/mol. The highest BCUT2D eigenvalue weighted by Crippen LogP contribution is 1.81. The lowest BCUT2D eigenvalue weighted by molar-refractivity contribution is 0.318. The lowest BCUT2D eigenvalue weighted by Gasteiger charge is -2.13. The number of hydrogen-bond donors (Lipinski definition) is 3. The van der Waals surface area contributed by atoms with E-state index in [1.54, 1.807) is 12.9 Å². The van der Waals surface area contributed by atoms with E-state index in [1.807, 2.05) is 0 Å². The van der Waals surface area contributed by atoms with Crippen LogP contribution in [0.3, 0.4) is 0 Å². The largest absolute Gasteiger partial charge is 0.397 e. The van der Waals surface area contributed by atoms with Gasteiger partial charge in [0.05, 0.1) is 0 Å².